The van der Waals surface area contributed by atoms with Crippen LogP contribution in [0.5, 0.6) is 0 Å². The summed E-state index contributed by atoms with van der Waals surface area (Å²) in [6, 6.07) is 0. The molecule has 2 rings (SSSR count). The van der Waals surface area contributed by atoms with E-state index in [1.807, 2.05) is 0 Å². The molecule has 2 N–H and O–H groups in total. The van der Waals surface area contributed by atoms with Crippen LogP contribution in [-0.2, 0) is 9.59 Å². The molecule has 0 aliphatic heterocycles. The smallest absolute Gasteiger partial charge is 0.342 e. The van der Waals surface area contributed by atoms with Crippen LogP contribution < -0.4 is 0 Å². The first-order valence-electron chi connectivity index (χ1n) is 3.85. The summed E-state index contributed by atoms with van der Waals surface area (Å²) in [5, 5.41) is 17.1. The molecule has 0 unspecified atom stereocenters. The Morgan fingerprint density at radius 2 is 2.15 bits per heavy atom. The molecule has 13 heavy (non-hydrogen) atoms. The lowest BCUT2D eigenvalue weighted by molar-refractivity contribution is -0.145. The van der Waals surface area contributed by atoms with Crippen LogP contribution >= 0.6 is 0 Å². The summed E-state index contributed by atoms with van der Waals surface area (Å²) < 4.78 is 13.4. The predicted octanol–water partition coefficient (Wildman–Crippen LogP) is 0.440. The number of carboxylic acids is 2. The van der Waals surface area contributed by atoms with Crippen molar-refractivity contribution < 1.29 is 24.2 Å². The highest BCUT2D eigenvalue weighted by atomic mass is 19.1. The van der Waals surface area contributed by atoms with Crippen LogP contribution in [0.4, 0.5) is 4.39 Å². The van der Waals surface area contributed by atoms with E-state index in [0.29, 0.717) is 0 Å². The number of allylic oxidation sites excluding steroid dienone is 1. The molecule has 0 spiro atoms. The van der Waals surface area contributed by atoms with Gasteiger partial charge in [-0.3, -0.25) is 0 Å². The fourth-order valence-corrected chi connectivity index (χ4v) is 2.07. The number of alkyl halides is 1. The molecule has 1 fully saturated rings. The number of aliphatic carboxylic acids is 2. The molecular formula is C8H7FO4. The molecule has 0 aromatic carbocycles. The van der Waals surface area contributed by atoms with Gasteiger partial charge in [-0.1, -0.05) is 6.08 Å². The minimum atomic E-state index is -2.32. The molecule has 0 radical (unpaired) electrons. The first kappa shape index (κ1) is 8.22. The lowest BCUT2D eigenvalue weighted by atomic mass is 10.1. The largest absolute Gasteiger partial charge is 0.479 e. The van der Waals surface area contributed by atoms with Gasteiger partial charge in [0.2, 0.25) is 5.67 Å². The zero-order chi connectivity index (χ0) is 9.80. The van der Waals surface area contributed by atoms with Gasteiger partial charge in [0.05, 0.1) is 0 Å². The zero-order valence-corrected chi connectivity index (χ0v) is 6.53. The van der Waals surface area contributed by atoms with E-state index in [-0.39, 0.29) is 12.0 Å². The third-order valence-corrected chi connectivity index (χ3v) is 2.79. The number of hydrogen-bond acceptors (Lipinski definition) is 2. The van der Waals surface area contributed by atoms with Gasteiger partial charge in [-0.15, -0.1) is 0 Å². The van der Waals surface area contributed by atoms with Gasteiger partial charge >= 0.3 is 11.9 Å². The highest BCUT2D eigenvalue weighted by Gasteiger charge is 2.75. The average molecular weight is 186 g/mol. The normalized spacial score (nSPS) is 40.8. The summed E-state index contributed by atoms with van der Waals surface area (Å²) in [5.74, 6) is -4.35. The van der Waals surface area contributed by atoms with E-state index in [1.54, 1.807) is 0 Å². The summed E-state index contributed by atoms with van der Waals surface area (Å²) >= 11 is 0. The van der Waals surface area contributed by atoms with Crippen molar-refractivity contribution in [3.63, 3.8) is 0 Å². The van der Waals surface area contributed by atoms with Gasteiger partial charge in [-0.2, -0.15) is 0 Å². The maximum Gasteiger partial charge on any atom is 0.342 e. The van der Waals surface area contributed by atoms with Crippen LogP contribution in [-0.4, -0.2) is 27.8 Å². The number of fused-ring (bicyclic) bond motifs is 1. The highest BCUT2D eigenvalue weighted by molar-refractivity contribution is 5.95. The quantitative estimate of drug-likeness (QED) is 0.656. The van der Waals surface area contributed by atoms with Gasteiger partial charge in [0.1, 0.15) is 0 Å². The van der Waals surface area contributed by atoms with Crippen molar-refractivity contribution in [2.75, 3.05) is 0 Å². The third-order valence-electron chi connectivity index (χ3n) is 2.79. The van der Waals surface area contributed by atoms with Crippen molar-refractivity contribution in [1.29, 1.82) is 0 Å². The topological polar surface area (TPSA) is 74.6 Å². The molecule has 70 valence electrons. The second-order valence-electron chi connectivity index (χ2n) is 3.36. The van der Waals surface area contributed by atoms with Gasteiger partial charge < -0.3 is 10.2 Å². The van der Waals surface area contributed by atoms with Crippen LogP contribution in [0.3, 0.4) is 0 Å². The fourth-order valence-electron chi connectivity index (χ4n) is 2.07. The Balaban J connectivity index is 2.27. The van der Waals surface area contributed by atoms with E-state index in [1.165, 1.54) is 6.08 Å². The standard InChI is InChI=1S/C8H7FO4/c9-8(7(12)13)4-2-1-3(5(4)8)6(10)11/h1,4-5H,2H2,(H,10,11)(H,12,13)/t4-,5+,8-/m1/s1. The molecule has 0 bridgehead atoms. The van der Waals surface area contributed by atoms with Crippen LogP contribution in [0.15, 0.2) is 11.6 Å². The molecule has 2 aliphatic carbocycles. The number of carbonyl (C=O) groups is 2. The molecule has 0 aromatic rings. The van der Waals surface area contributed by atoms with Gasteiger partial charge in [0.25, 0.3) is 0 Å². The summed E-state index contributed by atoms with van der Waals surface area (Å²) in [6.45, 7) is 0. The fraction of sp³-hybridized carbons (Fsp3) is 0.500. The molecule has 4 nitrogen and oxygen atoms in total. The molecule has 2 aliphatic rings. The molecule has 5 heteroatoms. The Hall–Kier alpha value is -1.39. The maximum atomic E-state index is 13.4. The van der Waals surface area contributed by atoms with Crippen molar-refractivity contribution in [2.24, 2.45) is 11.8 Å². The first-order chi connectivity index (χ1) is 5.99. The molecule has 3 atom stereocenters. The van der Waals surface area contributed by atoms with Crippen molar-refractivity contribution in [2.45, 2.75) is 12.1 Å². The summed E-state index contributed by atoms with van der Waals surface area (Å²) in [4.78, 5) is 21.0. The Kier molecular flexibility index (Phi) is 1.33. The van der Waals surface area contributed by atoms with E-state index >= 15 is 0 Å². The van der Waals surface area contributed by atoms with Gasteiger partial charge in [-0.05, 0) is 6.42 Å². The van der Waals surface area contributed by atoms with Crippen molar-refractivity contribution in [3.8, 4) is 0 Å². The van der Waals surface area contributed by atoms with E-state index < -0.39 is 29.4 Å². The average Bonchev–Trinajstić information content (AvgIpc) is 2.44. The Morgan fingerprint density at radius 1 is 1.54 bits per heavy atom. The Bertz CT molecular complexity index is 335. The summed E-state index contributed by atoms with van der Waals surface area (Å²) in [7, 11) is 0. The lowest BCUT2D eigenvalue weighted by Crippen LogP contribution is -2.23. The molecule has 1 saturated carbocycles. The molecule has 0 heterocycles. The van der Waals surface area contributed by atoms with Crippen molar-refractivity contribution >= 4 is 11.9 Å². The Morgan fingerprint density at radius 3 is 2.54 bits per heavy atom. The van der Waals surface area contributed by atoms with E-state index in [9.17, 15) is 14.0 Å². The lowest BCUT2D eigenvalue weighted by Gasteiger charge is -2.04. The third kappa shape index (κ3) is 0.787. The SMILES string of the molecule is O=C(O)C1=CC[C@@H]2[C@H]1[C@@]2(F)C(=O)O. The second-order valence-corrected chi connectivity index (χ2v) is 3.36. The number of carboxylic acid groups (broad SMARTS) is 2. The van der Waals surface area contributed by atoms with Crippen LogP contribution in [0, 0.1) is 11.8 Å². The van der Waals surface area contributed by atoms with Gasteiger partial charge in [-0.25, -0.2) is 14.0 Å². The predicted molar refractivity (Wildman–Crippen MR) is 38.8 cm³/mol. The number of rotatable bonds is 2. The van der Waals surface area contributed by atoms with E-state index in [0.717, 1.165) is 0 Å². The molecule has 0 amide bonds. The minimum absolute atomic E-state index is 0.0881. The van der Waals surface area contributed by atoms with E-state index in [2.05, 4.69) is 0 Å². The van der Waals surface area contributed by atoms with Crippen LogP contribution in [0.2, 0.25) is 0 Å². The van der Waals surface area contributed by atoms with Crippen molar-refractivity contribution in [1.82, 2.24) is 0 Å². The number of hydrogen-bond donors (Lipinski definition) is 2. The van der Waals surface area contributed by atoms with Crippen molar-refractivity contribution in [3.05, 3.63) is 11.6 Å². The zero-order valence-electron chi connectivity index (χ0n) is 6.53. The summed E-state index contributed by atoms with van der Waals surface area (Å²) in [6.07, 6.45) is 1.62. The molecule has 0 saturated heterocycles. The minimum Gasteiger partial charge on any atom is -0.479 e. The van der Waals surface area contributed by atoms with Crippen LogP contribution in [0.25, 0.3) is 0 Å². The molecular weight excluding hydrogens is 179 g/mol. The summed E-state index contributed by atoms with van der Waals surface area (Å²) in [5.41, 5.74) is -2.41. The van der Waals surface area contributed by atoms with Crippen LogP contribution in [0.1, 0.15) is 6.42 Å². The molecule has 0 aromatic heterocycles. The Labute approximate surface area is 72.7 Å². The van der Waals surface area contributed by atoms with E-state index in [4.69, 9.17) is 10.2 Å². The highest BCUT2D eigenvalue weighted by Crippen LogP contribution is 2.63. The monoisotopic (exact) mass is 186 g/mol. The van der Waals surface area contributed by atoms with Gasteiger partial charge in [0.15, 0.2) is 0 Å². The second kappa shape index (κ2) is 2.10. The first-order valence-corrected chi connectivity index (χ1v) is 3.85. The maximum absolute atomic E-state index is 13.4. The van der Waals surface area contributed by atoms with Gasteiger partial charge in [0, 0.05) is 17.4 Å². The number of halogens is 1.